The first-order valence-electron chi connectivity index (χ1n) is 5.82. The standard InChI is InChI=1S/C11H20N2O4/c1-7(2)6-8(12)9(14)13-5-3-4-11(13,17)10(15)16/h7-8,17H,3-6,12H2,1-2H3,(H,15,16). The highest BCUT2D eigenvalue weighted by Crippen LogP contribution is 2.28. The summed E-state index contributed by atoms with van der Waals surface area (Å²) in [5.41, 5.74) is 3.65. The molecule has 0 aromatic heterocycles. The third kappa shape index (κ3) is 2.76. The summed E-state index contributed by atoms with van der Waals surface area (Å²) in [7, 11) is 0. The van der Waals surface area contributed by atoms with Crippen LogP contribution in [0.2, 0.25) is 0 Å². The quantitative estimate of drug-likeness (QED) is 0.633. The van der Waals surface area contributed by atoms with Gasteiger partial charge in [-0.2, -0.15) is 0 Å². The highest BCUT2D eigenvalue weighted by atomic mass is 16.4. The van der Waals surface area contributed by atoms with Crippen LogP contribution in [0.4, 0.5) is 0 Å². The molecule has 1 aliphatic heterocycles. The zero-order valence-corrected chi connectivity index (χ0v) is 10.2. The highest BCUT2D eigenvalue weighted by Gasteiger charge is 2.49. The van der Waals surface area contributed by atoms with Crippen molar-refractivity contribution in [2.75, 3.05) is 6.54 Å². The first kappa shape index (κ1) is 13.9. The SMILES string of the molecule is CC(C)CC(N)C(=O)N1CCCC1(O)C(=O)O. The van der Waals surface area contributed by atoms with Gasteiger partial charge in [-0.25, -0.2) is 4.79 Å². The topological polar surface area (TPSA) is 104 Å². The van der Waals surface area contributed by atoms with E-state index in [9.17, 15) is 14.7 Å². The van der Waals surface area contributed by atoms with Crippen LogP contribution in [0.5, 0.6) is 0 Å². The Labute approximate surface area is 100 Å². The van der Waals surface area contributed by atoms with Crippen LogP contribution in [-0.4, -0.2) is 45.3 Å². The number of carbonyl (C=O) groups excluding carboxylic acids is 1. The number of hydrogen-bond acceptors (Lipinski definition) is 4. The molecule has 0 aliphatic carbocycles. The largest absolute Gasteiger partial charge is 0.478 e. The van der Waals surface area contributed by atoms with Crippen LogP contribution < -0.4 is 5.73 Å². The van der Waals surface area contributed by atoms with Crippen LogP contribution in [0.1, 0.15) is 33.1 Å². The molecule has 98 valence electrons. The number of carboxylic acid groups (broad SMARTS) is 1. The lowest BCUT2D eigenvalue weighted by Gasteiger charge is -2.31. The van der Waals surface area contributed by atoms with E-state index in [1.54, 1.807) is 0 Å². The molecule has 0 aromatic rings. The number of amides is 1. The van der Waals surface area contributed by atoms with Gasteiger partial charge in [0.1, 0.15) is 0 Å². The predicted octanol–water partition coefficient (Wildman–Crippen LogP) is -0.245. The fourth-order valence-electron chi connectivity index (χ4n) is 2.13. The summed E-state index contributed by atoms with van der Waals surface area (Å²) in [6.45, 7) is 4.11. The van der Waals surface area contributed by atoms with Gasteiger partial charge in [-0.05, 0) is 18.8 Å². The zero-order chi connectivity index (χ0) is 13.2. The van der Waals surface area contributed by atoms with Crippen molar-refractivity contribution in [3.05, 3.63) is 0 Å². The molecule has 0 radical (unpaired) electrons. The second kappa shape index (κ2) is 5.01. The fourth-order valence-corrected chi connectivity index (χ4v) is 2.13. The first-order valence-corrected chi connectivity index (χ1v) is 5.82. The van der Waals surface area contributed by atoms with Crippen molar-refractivity contribution in [2.45, 2.75) is 44.9 Å². The minimum atomic E-state index is -2.08. The van der Waals surface area contributed by atoms with E-state index in [4.69, 9.17) is 10.8 Å². The van der Waals surface area contributed by atoms with E-state index in [-0.39, 0.29) is 18.9 Å². The second-order valence-corrected chi connectivity index (χ2v) is 4.95. The maximum absolute atomic E-state index is 12.0. The third-order valence-electron chi connectivity index (χ3n) is 3.00. The van der Waals surface area contributed by atoms with Crippen molar-refractivity contribution in [1.29, 1.82) is 0 Å². The summed E-state index contributed by atoms with van der Waals surface area (Å²) in [6.07, 6.45) is 1.01. The van der Waals surface area contributed by atoms with Crippen LogP contribution in [0.15, 0.2) is 0 Å². The Morgan fingerprint density at radius 1 is 1.47 bits per heavy atom. The lowest BCUT2D eigenvalue weighted by molar-refractivity contribution is -0.182. The van der Waals surface area contributed by atoms with E-state index in [2.05, 4.69) is 0 Å². The van der Waals surface area contributed by atoms with Crippen LogP contribution in [-0.2, 0) is 9.59 Å². The minimum Gasteiger partial charge on any atom is -0.478 e. The highest BCUT2D eigenvalue weighted by molar-refractivity contribution is 5.89. The number of aliphatic hydroxyl groups is 1. The summed E-state index contributed by atoms with van der Waals surface area (Å²) in [5, 5.41) is 18.9. The van der Waals surface area contributed by atoms with Gasteiger partial charge in [0, 0.05) is 13.0 Å². The molecule has 1 saturated heterocycles. The van der Waals surface area contributed by atoms with Crippen LogP contribution in [0.3, 0.4) is 0 Å². The van der Waals surface area contributed by atoms with Crippen molar-refractivity contribution in [1.82, 2.24) is 4.90 Å². The van der Waals surface area contributed by atoms with Gasteiger partial charge in [-0.3, -0.25) is 4.79 Å². The number of carboxylic acids is 1. The Bertz CT molecular complexity index is 319. The number of nitrogens with two attached hydrogens (primary N) is 1. The van der Waals surface area contributed by atoms with Gasteiger partial charge in [0.05, 0.1) is 6.04 Å². The molecule has 2 atom stereocenters. The summed E-state index contributed by atoms with van der Waals surface area (Å²) in [6, 6.07) is -0.751. The minimum absolute atomic E-state index is 0.0580. The Hall–Kier alpha value is -1.14. The molecule has 1 amide bonds. The van der Waals surface area contributed by atoms with Crippen LogP contribution >= 0.6 is 0 Å². The van der Waals surface area contributed by atoms with Crippen LogP contribution in [0.25, 0.3) is 0 Å². The normalized spacial score (nSPS) is 26.3. The van der Waals surface area contributed by atoms with E-state index in [0.717, 1.165) is 4.90 Å². The lowest BCUT2D eigenvalue weighted by Crippen LogP contribution is -2.57. The van der Waals surface area contributed by atoms with Gasteiger partial charge >= 0.3 is 5.97 Å². The number of carbonyl (C=O) groups is 2. The molecular formula is C11H20N2O4. The number of nitrogens with zero attached hydrogens (tertiary/aromatic N) is 1. The van der Waals surface area contributed by atoms with Gasteiger partial charge in [0.2, 0.25) is 11.6 Å². The number of hydrogen-bond donors (Lipinski definition) is 3. The van der Waals surface area contributed by atoms with Crippen LogP contribution in [0, 0.1) is 5.92 Å². The molecular weight excluding hydrogens is 224 g/mol. The molecule has 1 fully saturated rings. The van der Waals surface area contributed by atoms with E-state index in [0.29, 0.717) is 12.8 Å². The average molecular weight is 244 g/mol. The van der Waals surface area contributed by atoms with E-state index < -0.39 is 23.6 Å². The molecule has 6 heteroatoms. The predicted molar refractivity (Wildman–Crippen MR) is 61.0 cm³/mol. The Kier molecular flexibility index (Phi) is 4.11. The number of aliphatic carboxylic acids is 1. The second-order valence-electron chi connectivity index (χ2n) is 4.95. The monoisotopic (exact) mass is 244 g/mol. The summed E-state index contributed by atoms with van der Waals surface area (Å²) in [4.78, 5) is 24.0. The molecule has 2 unspecified atom stereocenters. The Morgan fingerprint density at radius 2 is 2.06 bits per heavy atom. The molecule has 1 rings (SSSR count). The fraction of sp³-hybridized carbons (Fsp3) is 0.818. The van der Waals surface area contributed by atoms with Crippen molar-refractivity contribution < 1.29 is 19.8 Å². The molecule has 0 spiro atoms. The molecule has 17 heavy (non-hydrogen) atoms. The smallest absolute Gasteiger partial charge is 0.357 e. The average Bonchev–Trinajstić information content (AvgIpc) is 2.59. The van der Waals surface area contributed by atoms with Gasteiger partial charge in [-0.15, -0.1) is 0 Å². The Morgan fingerprint density at radius 3 is 2.53 bits per heavy atom. The summed E-state index contributed by atoms with van der Waals surface area (Å²) in [5.74, 6) is -1.63. The zero-order valence-electron chi connectivity index (χ0n) is 10.2. The molecule has 0 aromatic carbocycles. The molecule has 6 nitrogen and oxygen atoms in total. The number of likely N-dealkylation sites (tertiary alicyclic amines) is 1. The van der Waals surface area contributed by atoms with Crippen molar-refractivity contribution in [2.24, 2.45) is 11.7 Å². The third-order valence-corrected chi connectivity index (χ3v) is 3.00. The summed E-state index contributed by atoms with van der Waals surface area (Å²) < 4.78 is 0. The Balaban J connectivity index is 2.78. The van der Waals surface area contributed by atoms with Crippen molar-refractivity contribution >= 4 is 11.9 Å². The van der Waals surface area contributed by atoms with Gasteiger partial charge in [0.15, 0.2) is 0 Å². The lowest BCUT2D eigenvalue weighted by atomic mass is 10.0. The maximum atomic E-state index is 12.0. The van der Waals surface area contributed by atoms with E-state index in [1.807, 2.05) is 13.8 Å². The van der Waals surface area contributed by atoms with Crippen molar-refractivity contribution in [3.63, 3.8) is 0 Å². The number of rotatable bonds is 4. The first-order chi connectivity index (χ1) is 7.79. The van der Waals surface area contributed by atoms with Gasteiger partial charge in [0.25, 0.3) is 0 Å². The van der Waals surface area contributed by atoms with Crippen molar-refractivity contribution in [3.8, 4) is 0 Å². The van der Waals surface area contributed by atoms with Gasteiger partial charge < -0.3 is 20.8 Å². The molecule has 4 N–H and O–H groups in total. The summed E-state index contributed by atoms with van der Waals surface area (Å²) >= 11 is 0. The molecule has 0 bridgehead atoms. The van der Waals surface area contributed by atoms with Gasteiger partial charge in [-0.1, -0.05) is 13.8 Å². The molecule has 0 saturated carbocycles. The molecule has 1 aliphatic rings. The van der Waals surface area contributed by atoms with E-state index >= 15 is 0 Å². The molecule has 1 heterocycles. The van der Waals surface area contributed by atoms with E-state index in [1.165, 1.54) is 0 Å². The maximum Gasteiger partial charge on any atom is 0.357 e.